The zero-order valence-electron chi connectivity index (χ0n) is 8.31. The highest BCUT2D eigenvalue weighted by Crippen LogP contribution is 1.95. The van der Waals surface area contributed by atoms with E-state index in [-0.39, 0.29) is 0 Å². The second-order valence-corrected chi connectivity index (χ2v) is 3.04. The van der Waals surface area contributed by atoms with Gasteiger partial charge in [-0.3, -0.25) is 0 Å². The van der Waals surface area contributed by atoms with E-state index in [9.17, 15) is 0 Å². The smallest absolute Gasteiger partial charge is 0.223 e. The fraction of sp³-hybridized carbons (Fsp3) is 0.0833. The summed E-state index contributed by atoms with van der Waals surface area (Å²) in [5, 5.41) is 7.60. The van der Waals surface area contributed by atoms with Gasteiger partial charge in [0.25, 0.3) is 0 Å². The molecule has 0 fully saturated rings. The van der Waals surface area contributed by atoms with E-state index < -0.39 is 0 Å². The van der Waals surface area contributed by atoms with Crippen LogP contribution in [0.1, 0.15) is 17.1 Å². The number of aryl methyl sites for hydroxylation is 1. The summed E-state index contributed by atoms with van der Waals surface area (Å²) >= 11 is 0. The molecule has 0 aliphatic carbocycles. The molecule has 2 rings (SSSR count). The molecule has 2 aromatic rings. The van der Waals surface area contributed by atoms with Crippen molar-refractivity contribution in [3.63, 3.8) is 0 Å². The van der Waals surface area contributed by atoms with E-state index in [0.717, 1.165) is 11.3 Å². The minimum Gasteiger partial charge on any atom is -0.223 e. The molecule has 0 amide bonds. The van der Waals surface area contributed by atoms with E-state index >= 15 is 0 Å². The van der Waals surface area contributed by atoms with Crippen LogP contribution in [-0.2, 0) is 0 Å². The summed E-state index contributed by atoms with van der Waals surface area (Å²) in [7, 11) is 0. The van der Waals surface area contributed by atoms with E-state index in [1.165, 1.54) is 0 Å². The van der Waals surface area contributed by atoms with Crippen LogP contribution in [0.5, 0.6) is 0 Å². The molecule has 1 aromatic heterocycles. The molecule has 0 N–H and O–H groups in total. The molecular formula is C12H9N3. The lowest BCUT2D eigenvalue weighted by Crippen LogP contribution is -1.93. The van der Waals surface area contributed by atoms with Gasteiger partial charge in [-0.05, 0) is 25.0 Å². The van der Waals surface area contributed by atoms with Gasteiger partial charge < -0.3 is 0 Å². The maximum atomic E-state index is 4.14. The lowest BCUT2D eigenvalue weighted by atomic mass is 10.2. The highest BCUT2D eigenvalue weighted by atomic mass is 15.1. The van der Waals surface area contributed by atoms with Crippen molar-refractivity contribution >= 4 is 0 Å². The van der Waals surface area contributed by atoms with Crippen molar-refractivity contribution in [1.29, 1.82) is 0 Å². The molecule has 15 heavy (non-hydrogen) atoms. The quantitative estimate of drug-likeness (QED) is 0.599. The molecule has 3 heteroatoms. The van der Waals surface area contributed by atoms with Gasteiger partial charge in [0.05, 0.1) is 11.9 Å². The Hall–Kier alpha value is -2.21. The molecule has 0 aliphatic rings. The zero-order chi connectivity index (χ0) is 10.5. The highest BCUT2D eigenvalue weighted by molar-refractivity contribution is 5.37. The molecule has 0 saturated heterocycles. The highest BCUT2D eigenvalue weighted by Gasteiger charge is 1.91. The van der Waals surface area contributed by atoms with Gasteiger partial charge in [0.1, 0.15) is 0 Å². The van der Waals surface area contributed by atoms with Crippen LogP contribution < -0.4 is 0 Å². The van der Waals surface area contributed by atoms with Crippen molar-refractivity contribution in [1.82, 2.24) is 15.2 Å². The van der Waals surface area contributed by atoms with Gasteiger partial charge in [0.2, 0.25) is 5.82 Å². The van der Waals surface area contributed by atoms with Gasteiger partial charge in [-0.25, -0.2) is 4.98 Å². The van der Waals surface area contributed by atoms with E-state index in [1.807, 2.05) is 37.3 Å². The zero-order valence-corrected chi connectivity index (χ0v) is 8.31. The average molecular weight is 195 g/mol. The first kappa shape index (κ1) is 9.35. The molecule has 0 unspecified atom stereocenters. The van der Waals surface area contributed by atoms with Crippen LogP contribution in [0.15, 0.2) is 36.5 Å². The van der Waals surface area contributed by atoms with Crippen molar-refractivity contribution < 1.29 is 0 Å². The summed E-state index contributed by atoms with van der Waals surface area (Å²) in [6, 6.07) is 9.72. The Bertz CT molecular complexity index is 509. The summed E-state index contributed by atoms with van der Waals surface area (Å²) in [5.74, 6) is 6.30. The van der Waals surface area contributed by atoms with E-state index in [1.54, 1.807) is 6.20 Å². The number of nitrogens with zero attached hydrogens (tertiary/aromatic N) is 3. The van der Waals surface area contributed by atoms with Gasteiger partial charge in [-0.1, -0.05) is 24.1 Å². The van der Waals surface area contributed by atoms with Crippen molar-refractivity contribution in [3.05, 3.63) is 53.6 Å². The number of aromatic nitrogens is 3. The molecule has 0 spiro atoms. The van der Waals surface area contributed by atoms with Crippen molar-refractivity contribution in [2.75, 3.05) is 0 Å². The standard InChI is InChI=1S/C12H9N3/c1-10-9-13-15-12(14-10)8-7-11-5-3-2-4-6-11/h2-6,9H,1H3. The van der Waals surface area contributed by atoms with Crippen LogP contribution in [0.3, 0.4) is 0 Å². The summed E-state index contributed by atoms with van der Waals surface area (Å²) in [6.07, 6.45) is 1.60. The minimum absolute atomic E-state index is 0.457. The maximum absolute atomic E-state index is 4.14. The second-order valence-electron chi connectivity index (χ2n) is 3.04. The summed E-state index contributed by atoms with van der Waals surface area (Å²) in [5.41, 5.74) is 1.77. The van der Waals surface area contributed by atoms with Crippen LogP contribution in [0.4, 0.5) is 0 Å². The molecule has 0 saturated carbocycles. The third-order valence-electron chi connectivity index (χ3n) is 1.77. The Kier molecular flexibility index (Phi) is 2.70. The van der Waals surface area contributed by atoms with Crippen LogP contribution in [0, 0.1) is 18.8 Å². The third-order valence-corrected chi connectivity index (χ3v) is 1.77. The molecule has 0 bridgehead atoms. The number of rotatable bonds is 0. The van der Waals surface area contributed by atoms with Gasteiger partial charge >= 0.3 is 0 Å². The second kappa shape index (κ2) is 4.34. The molecule has 1 aromatic carbocycles. The predicted molar refractivity (Wildman–Crippen MR) is 57.0 cm³/mol. The molecule has 0 atom stereocenters. The molecule has 0 radical (unpaired) electrons. The number of hydrogen-bond donors (Lipinski definition) is 0. The molecule has 0 aliphatic heterocycles. The number of hydrogen-bond acceptors (Lipinski definition) is 3. The van der Waals surface area contributed by atoms with E-state index in [4.69, 9.17) is 0 Å². The van der Waals surface area contributed by atoms with Gasteiger partial charge in [-0.2, -0.15) is 5.10 Å². The first-order valence-corrected chi connectivity index (χ1v) is 4.58. The summed E-state index contributed by atoms with van der Waals surface area (Å²) < 4.78 is 0. The SMILES string of the molecule is Cc1cnnc(C#Cc2ccccc2)n1. The van der Waals surface area contributed by atoms with Crippen LogP contribution >= 0.6 is 0 Å². The lowest BCUT2D eigenvalue weighted by molar-refractivity contribution is 0.918. The van der Waals surface area contributed by atoms with E-state index in [2.05, 4.69) is 27.0 Å². The van der Waals surface area contributed by atoms with Crippen molar-refractivity contribution in [3.8, 4) is 11.8 Å². The van der Waals surface area contributed by atoms with Crippen molar-refractivity contribution in [2.24, 2.45) is 0 Å². The Labute approximate surface area is 88.2 Å². The maximum Gasteiger partial charge on any atom is 0.226 e. The topological polar surface area (TPSA) is 38.7 Å². The minimum atomic E-state index is 0.457. The number of benzene rings is 1. The van der Waals surface area contributed by atoms with Crippen molar-refractivity contribution in [2.45, 2.75) is 6.92 Å². The Morgan fingerprint density at radius 3 is 2.60 bits per heavy atom. The average Bonchev–Trinajstić information content (AvgIpc) is 2.28. The Morgan fingerprint density at radius 1 is 1.07 bits per heavy atom. The van der Waals surface area contributed by atoms with Crippen LogP contribution in [0.2, 0.25) is 0 Å². The first-order valence-electron chi connectivity index (χ1n) is 4.58. The lowest BCUT2D eigenvalue weighted by Gasteiger charge is -1.89. The fourth-order valence-corrected chi connectivity index (χ4v) is 1.09. The Morgan fingerprint density at radius 2 is 1.87 bits per heavy atom. The Balaban J connectivity index is 2.26. The third kappa shape index (κ3) is 2.61. The summed E-state index contributed by atoms with van der Waals surface area (Å²) in [4.78, 5) is 4.14. The fourth-order valence-electron chi connectivity index (χ4n) is 1.09. The van der Waals surface area contributed by atoms with Gasteiger partial charge in [0.15, 0.2) is 0 Å². The monoisotopic (exact) mass is 195 g/mol. The van der Waals surface area contributed by atoms with Gasteiger partial charge in [0, 0.05) is 5.56 Å². The largest absolute Gasteiger partial charge is 0.226 e. The van der Waals surface area contributed by atoms with E-state index in [0.29, 0.717) is 5.82 Å². The molecule has 72 valence electrons. The summed E-state index contributed by atoms with van der Waals surface area (Å²) in [6.45, 7) is 1.86. The van der Waals surface area contributed by atoms with Crippen LogP contribution in [0.25, 0.3) is 0 Å². The molecule has 3 nitrogen and oxygen atoms in total. The predicted octanol–water partition coefficient (Wildman–Crippen LogP) is 1.58. The normalized spacial score (nSPS) is 9.13. The molecular weight excluding hydrogens is 186 g/mol. The first-order chi connectivity index (χ1) is 7.34. The molecule has 1 heterocycles. The van der Waals surface area contributed by atoms with Gasteiger partial charge in [-0.15, -0.1) is 5.10 Å². The van der Waals surface area contributed by atoms with Crippen LogP contribution in [-0.4, -0.2) is 15.2 Å².